The maximum Gasteiger partial charge on any atom is 0.0346 e. The van der Waals surface area contributed by atoms with Gasteiger partial charge in [0.15, 0.2) is 0 Å². The highest BCUT2D eigenvalue weighted by atomic mass is 14.6. The van der Waals surface area contributed by atoms with Crippen molar-refractivity contribution in [3.63, 3.8) is 0 Å². The highest BCUT2D eigenvalue weighted by Gasteiger charge is 2.11. The molecule has 0 saturated heterocycles. The van der Waals surface area contributed by atoms with Gasteiger partial charge in [-0.3, -0.25) is 15.0 Å². The summed E-state index contributed by atoms with van der Waals surface area (Å²) in [5.74, 6) is 0. The first-order valence-electron chi connectivity index (χ1n) is 14.4. The minimum atomic E-state index is 1.10. The first-order valence-corrected chi connectivity index (χ1v) is 14.4. The van der Waals surface area contributed by atoms with Gasteiger partial charge >= 0.3 is 0 Å². The minimum absolute atomic E-state index is 1.10. The molecule has 204 valence electrons. The summed E-state index contributed by atoms with van der Waals surface area (Å²) in [6.07, 6.45) is 11.3. The molecule has 3 aromatic heterocycles. The maximum atomic E-state index is 4.43. The molecule has 0 atom stereocenters. The van der Waals surface area contributed by atoms with Crippen LogP contribution in [0.25, 0.3) is 66.8 Å². The van der Waals surface area contributed by atoms with Crippen LogP contribution in [0, 0.1) is 6.92 Å². The molecule has 0 spiro atoms. The Morgan fingerprint density at radius 1 is 0.302 bits per heavy atom. The second-order valence-electron chi connectivity index (χ2n) is 10.8. The molecular formula is C40H29N3. The van der Waals surface area contributed by atoms with Crippen LogP contribution in [-0.4, -0.2) is 15.0 Å². The van der Waals surface area contributed by atoms with Crippen LogP contribution in [0.15, 0.2) is 159 Å². The highest BCUT2D eigenvalue weighted by Crippen LogP contribution is 2.36. The van der Waals surface area contributed by atoms with Crippen molar-refractivity contribution >= 4 is 0 Å². The third-order valence-electron chi connectivity index (χ3n) is 7.72. The normalized spacial score (nSPS) is 10.9. The van der Waals surface area contributed by atoms with E-state index in [2.05, 4.69) is 131 Å². The number of rotatable bonds is 6. The summed E-state index contributed by atoms with van der Waals surface area (Å²) in [6.45, 7) is 2.08. The van der Waals surface area contributed by atoms with Crippen LogP contribution in [0.5, 0.6) is 0 Å². The molecule has 3 heteroatoms. The van der Waals surface area contributed by atoms with E-state index < -0.39 is 0 Å². The van der Waals surface area contributed by atoms with Crippen molar-refractivity contribution in [1.82, 2.24) is 15.0 Å². The zero-order valence-corrected chi connectivity index (χ0v) is 23.9. The fourth-order valence-corrected chi connectivity index (χ4v) is 5.54. The second kappa shape index (κ2) is 11.7. The topological polar surface area (TPSA) is 38.7 Å². The molecule has 0 saturated carbocycles. The van der Waals surface area contributed by atoms with Crippen LogP contribution < -0.4 is 0 Å². The zero-order chi connectivity index (χ0) is 29.0. The lowest BCUT2D eigenvalue weighted by atomic mass is 9.90. The number of nitrogens with zero attached hydrogens (tertiary/aromatic N) is 3. The molecule has 43 heavy (non-hydrogen) atoms. The lowest BCUT2D eigenvalue weighted by Crippen LogP contribution is -1.89. The van der Waals surface area contributed by atoms with Crippen molar-refractivity contribution in [2.24, 2.45) is 0 Å². The Morgan fingerprint density at radius 3 is 1.05 bits per heavy atom. The van der Waals surface area contributed by atoms with Gasteiger partial charge in [0, 0.05) is 53.9 Å². The molecule has 0 bridgehead atoms. The monoisotopic (exact) mass is 551 g/mol. The van der Waals surface area contributed by atoms with Crippen LogP contribution in [0.3, 0.4) is 0 Å². The van der Waals surface area contributed by atoms with Crippen molar-refractivity contribution in [3.8, 4) is 66.8 Å². The van der Waals surface area contributed by atoms with Crippen LogP contribution >= 0.6 is 0 Å². The third kappa shape index (κ3) is 5.74. The molecule has 0 unspecified atom stereocenters. The Kier molecular flexibility index (Phi) is 7.12. The Bertz CT molecular complexity index is 1930. The number of aryl methyl sites for hydroxylation is 1. The van der Waals surface area contributed by atoms with Gasteiger partial charge in [-0.2, -0.15) is 0 Å². The number of aromatic nitrogens is 3. The Morgan fingerprint density at radius 2 is 0.651 bits per heavy atom. The zero-order valence-electron chi connectivity index (χ0n) is 23.9. The fraction of sp³-hybridized carbons (Fsp3) is 0.0250. The quantitative estimate of drug-likeness (QED) is 0.206. The van der Waals surface area contributed by atoms with E-state index in [0.717, 1.165) is 72.3 Å². The summed E-state index contributed by atoms with van der Waals surface area (Å²) in [6, 6.07) is 43.4. The largest absolute Gasteiger partial charge is 0.264 e. The van der Waals surface area contributed by atoms with Gasteiger partial charge in [-0.1, -0.05) is 66.7 Å². The number of hydrogen-bond donors (Lipinski definition) is 0. The Balaban J connectivity index is 1.38. The number of benzene rings is 4. The molecule has 0 aliphatic carbocycles. The molecule has 0 fully saturated rings. The molecule has 0 N–H and O–H groups in total. The molecule has 0 amide bonds. The van der Waals surface area contributed by atoms with E-state index in [-0.39, 0.29) is 0 Å². The van der Waals surface area contributed by atoms with Crippen LogP contribution in [0.4, 0.5) is 0 Å². The van der Waals surface area contributed by atoms with E-state index in [4.69, 9.17) is 0 Å². The summed E-state index contributed by atoms with van der Waals surface area (Å²) in [7, 11) is 0. The van der Waals surface area contributed by atoms with Gasteiger partial charge in [0.2, 0.25) is 0 Å². The molecular weight excluding hydrogens is 522 g/mol. The van der Waals surface area contributed by atoms with Crippen LogP contribution in [0.1, 0.15) is 5.56 Å². The van der Waals surface area contributed by atoms with Gasteiger partial charge in [0.1, 0.15) is 0 Å². The predicted octanol–water partition coefficient (Wildman–Crippen LogP) is 10.2. The van der Waals surface area contributed by atoms with Crippen molar-refractivity contribution < 1.29 is 0 Å². The van der Waals surface area contributed by atoms with E-state index >= 15 is 0 Å². The standard InChI is InChI=1S/C40H29N3/c1-28-17-40(27-43-24-28)34-12-4-11-33(20-34)39-22-37(31-9-2-7-29(18-31)35-13-5-15-41-25-35)21-38(23-39)32-10-3-8-30(19-32)36-14-6-16-42-26-36/h2-27H,1H3. The number of pyridine rings is 3. The molecule has 7 rings (SSSR count). The van der Waals surface area contributed by atoms with Gasteiger partial charge in [-0.15, -0.1) is 0 Å². The van der Waals surface area contributed by atoms with E-state index in [9.17, 15) is 0 Å². The molecule has 0 aliphatic heterocycles. The van der Waals surface area contributed by atoms with Crippen molar-refractivity contribution in [2.45, 2.75) is 6.92 Å². The van der Waals surface area contributed by atoms with E-state index in [1.165, 1.54) is 0 Å². The SMILES string of the molecule is Cc1cncc(-c2cccc(-c3cc(-c4cccc(-c5cccnc5)c4)cc(-c4cccc(-c5cccnc5)c4)c3)c2)c1. The lowest BCUT2D eigenvalue weighted by molar-refractivity contribution is 1.27. The van der Waals surface area contributed by atoms with Gasteiger partial charge in [-0.25, -0.2) is 0 Å². The second-order valence-corrected chi connectivity index (χ2v) is 10.8. The summed E-state index contributed by atoms with van der Waals surface area (Å²) in [4.78, 5) is 13.1. The molecule has 0 radical (unpaired) electrons. The van der Waals surface area contributed by atoms with Crippen LogP contribution in [-0.2, 0) is 0 Å². The Labute approximate surface area is 252 Å². The average Bonchev–Trinajstić information content (AvgIpc) is 3.09. The van der Waals surface area contributed by atoms with Crippen LogP contribution in [0.2, 0.25) is 0 Å². The number of hydrogen-bond acceptors (Lipinski definition) is 3. The summed E-state index contributed by atoms with van der Waals surface area (Å²) in [5, 5.41) is 0. The summed E-state index contributed by atoms with van der Waals surface area (Å²) in [5.41, 5.74) is 14.9. The molecule has 4 aromatic carbocycles. The lowest BCUT2D eigenvalue weighted by Gasteiger charge is -2.14. The molecule has 3 heterocycles. The first-order chi connectivity index (χ1) is 21.2. The van der Waals surface area contributed by atoms with Crippen molar-refractivity contribution in [3.05, 3.63) is 164 Å². The average molecular weight is 552 g/mol. The van der Waals surface area contributed by atoms with Gasteiger partial charge in [-0.05, 0) is 117 Å². The van der Waals surface area contributed by atoms with E-state index in [1.54, 1.807) is 0 Å². The van der Waals surface area contributed by atoms with Gasteiger partial charge < -0.3 is 0 Å². The smallest absolute Gasteiger partial charge is 0.0346 e. The van der Waals surface area contributed by atoms with E-state index in [1.807, 2.05) is 49.3 Å². The molecule has 0 aliphatic rings. The first kappa shape index (κ1) is 26.2. The van der Waals surface area contributed by atoms with Gasteiger partial charge in [0.25, 0.3) is 0 Å². The van der Waals surface area contributed by atoms with Crippen molar-refractivity contribution in [1.29, 1.82) is 0 Å². The predicted molar refractivity (Wildman–Crippen MR) is 177 cm³/mol. The van der Waals surface area contributed by atoms with Gasteiger partial charge in [0.05, 0.1) is 0 Å². The minimum Gasteiger partial charge on any atom is -0.264 e. The van der Waals surface area contributed by atoms with Crippen molar-refractivity contribution in [2.75, 3.05) is 0 Å². The third-order valence-corrected chi connectivity index (χ3v) is 7.72. The summed E-state index contributed by atoms with van der Waals surface area (Å²) < 4.78 is 0. The fourth-order valence-electron chi connectivity index (χ4n) is 5.54. The highest BCUT2D eigenvalue weighted by molar-refractivity contribution is 5.85. The summed E-state index contributed by atoms with van der Waals surface area (Å²) >= 11 is 0. The molecule has 3 nitrogen and oxygen atoms in total. The maximum absolute atomic E-state index is 4.43. The Hall–Kier alpha value is -5.67. The molecule has 7 aromatic rings. The van der Waals surface area contributed by atoms with E-state index in [0.29, 0.717) is 0 Å².